The molecule has 0 saturated carbocycles. The molecule has 0 bridgehead atoms. The van der Waals surface area contributed by atoms with Crippen molar-refractivity contribution in [2.24, 2.45) is 0 Å². The number of nitrogens with zero attached hydrogens (tertiary/aromatic N) is 4. The van der Waals surface area contributed by atoms with E-state index in [1.807, 2.05) is 24.3 Å². The summed E-state index contributed by atoms with van der Waals surface area (Å²) >= 11 is 1.53. The lowest BCUT2D eigenvalue weighted by Crippen LogP contribution is -2.05. The van der Waals surface area contributed by atoms with Crippen LogP contribution in [0.1, 0.15) is 11.5 Å². The molecule has 0 saturated heterocycles. The maximum atomic E-state index is 13.1. The van der Waals surface area contributed by atoms with Crippen molar-refractivity contribution in [1.29, 1.82) is 0 Å². The van der Waals surface area contributed by atoms with E-state index in [9.17, 15) is 8.42 Å². The summed E-state index contributed by atoms with van der Waals surface area (Å²) in [4.78, 5) is 8.96. The van der Waals surface area contributed by atoms with Crippen LogP contribution in [0, 0.1) is 6.92 Å². The predicted octanol–water partition coefficient (Wildman–Crippen LogP) is 4.69. The highest BCUT2D eigenvalue weighted by atomic mass is 32.2. The molecule has 0 N–H and O–H groups in total. The number of aromatic nitrogens is 4. The summed E-state index contributed by atoms with van der Waals surface area (Å²) < 4.78 is 32.6. The van der Waals surface area contributed by atoms with Gasteiger partial charge in [-0.3, -0.25) is 4.98 Å². The van der Waals surface area contributed by atoms with E-state index < -0.39 is 9.84 Å². The quantitative estimate of drug-likeness (QED) is 0.384. The van der Waals surface area contributed by atoms with Crippen molar-refractivity contribution in [2.45, 2.75) is 17.6 Å². The summed E-state index contributed by atoms with van der Waals surface area (Å²) in [6.45, 7) is 1.69. The molecule has 0 aliphatic rings. The van der Waals surface area contributed by atoms with Gasteiger partial charge in [-0.2, -0.15) is 0 Å². The number of fused-ring (bicyclic) bond motifs is 1. The van der Waals surface area contributed by atoms with E-state index in [0.29, 0.717) is 22.9 Å². The van der Waals surface area contributed by atoms with E-state index >= 15 is 0 Å². The maximum Gasteiger partial charge on any atom is 0.247 e. The third-order valence-electron chi connectivity index (χ3n) is 4.69. The van der Waals surface area contributed by atoms with E-state index in [1.165, 1.54) is 11.3 Å². The summed E-state index contributed by atoms with van der Waals surface area (Å²) in [6.07, 6.45) is 3.49. The van der Waals surface area contributed by atoms with Crippen molar-refractivity contribution >= 4 is 31.4 Å². The van der Waals surface area contributed by atoms with Crippen LogP contribution in [0.5, 0.6) is 0 Å². The highest BCUT2D eigenvalue weighted by Crippen LogP contribution is 2.31. The van der Waals surface area contributed by atoms with Gasteiger partial charge in [0.15, 0.2) is 9.84 Å². The van der Waals surface area contributed by atoms with Crippen LogP contribution in [-0.4, -0.2) is 28.6 Å². The van der Waals surface area contributed by atoms with Gasteiger partial charge in [-0.25, -0.2) is 13.4 Å². The van der Waals surface area contributed by atoms with Gasteiger partial charge < -0.3 is 4.42 Å². The number of aryl methyl sites for hydroxylation is 1. The minimum Gasteiger partial charge on any atom is -0.421 e. The van der Waals surface area contributed by atoms with Crippen LogP contribution in [-0.2, 0) is 15.6 Å². The Balaban J connectivity index is 1.45. The molecule has 9 heteroatoms. The largest absolute Gasteiger partial charge is 0.421 e. The Hall–Kier alpha value is -3.43. The van der Waals surface area contributed by atoms with Crippen molar-refractivity contribution in [1.82, 2.24) is 20.2 Å². The number of sulfone groups is 1. The SMILES string of the molecule is Cc1nnc(-c2cccc(S(=O)(=O)Cc3cccc(-c4nc5ccncc5s4)c3)c2)o1. The second kappa shape index (κ2) is 7.68. The molecule has 2 aromatic carbocycles. The Morgan fingerprint density at radius 3 is 2.65 bits per heavy atom. The first-order chi connectivity index (χ1) is 15.0. The Morgan fingerprint density at radius 2 is 1.84 bits per heavy atom. The lowest BCUT2D eigenvalue weighted by atomic mass is 10.1. The molecular weight excluding hydrogens is 432 g/mol. The van der Waals surface area contributed by atoms with Gasteiger partial charge in [0.2, 0.25) is 11.8 Å². The molecule has 154 valence electrons. The average molecular weight is 449 g/mol. The number of benzene rings is 2. The normalized spacial score (nSPS) is 11.8. The second-order valence-corrected chi connectivity index (χ2v) is 10.00. The Kier molecular flexibility index (Phi) is 4.84. The van der Waals surface area contributed by atoms with Crippen LogP contribution < -0.4 is 0 Å². The third kappa shape index (κ3) is 3.97. The summed E-state index contributed by atoms with van der Waals surface area (Å²) in [6, 6.07) is 15.9. The lowest BCUT2D eigenvalue weighted by Gasteiger charge is -2.07. The standard InChI is InChI=1S/C22H16N4O3S2/c1-14-25-26-21(29-14)16-5-3-7-18(11-16)31(27,28)13-15-4-2-6-17(10-15)22-24-19-8-9-23-12-20(19)30-22/h2-12H,13H2,1H3. The Labute approximate surface area is 182 Å². The van der Waals surface area contributed by atoms with E-state index in [-0.39, 0.29) is 10.6 Å². The van der Waals surface area contributed by atoms with Gasteiger partial charge in [0.1, 0.15) is 5.01 Å². The number of rotatable bonds is 5. The van der Waals surface area contributed by atoms with Crippen LogP contribution in [0.15, 0.2) is 76.3 Å². The minimum absolute atomic E-state index is 0.125. The van der Waals surface area contributed by atoms with Gasteiger partial charge >= 0.3 is 0 Å². The monoisotopic (exact) mass is 448 g/mol. The summed E-state index contributed by atoms with van der Waals surface area (Å²) in [7, 11) is -3.58. The highest BCUT2D eigenvalue weighted by molar-refractivity contribution is 7.90. The van der Waals surface area contributed by atoms with Crippen molar-refractivity contribution in [2.75, 3.05) is 0 Å². The van der Waals surface area contributed by atoms with E-state index in [4.69, 9.17) is 4.42 Å². The van der Waals surface area contributed by atoms with Gasteiger partial charge in [0.05, 0.1) is 20.9 Å². The molecule has 0 amide bonds. The van der Waals surface area contributed by atoms with E-state index in [1.54, 1.807) is 49.6 Å². The van der Waals surface area contributed by atoms with Gasteiger partial charge in [0, 0.05) is 30.4 Å². The molecule has 3 heterocycles. The zero-order valence-electron chi connectivity index (χ0n) is 16.4. The van der Waals surface area contributed by atoms with Gasteiger partial charge in [-0.1, -0.05) is 24.3 Å². The molecule has 0 fully saturated rings. The van der Waals surface area contributed by atoms with Crippen molar-refractivity contribution in [3.05, 3.63) is 78.4 Å². The topological polar surface area (TPSA) is 98.8 Å². The van der Waals surface area contributed by atoms with Crippen LogP contribution in [0.25, 0.3) is 32.2 Å². The van der Waals surface area contributed by atoms with Gasteiger partial charge in [-0.15, -0.1) is 21.5 Å². The Bertz CT molecular complexity index is 1470. The van der Waals surface area contributed by atoms with E-state index in [2.05, 4.69) is 20.2 Å². The molecule has 31 heavy (non-hydrogen) atoms. The molecule has 0 spiro atoms. The van der Waals surface area contributed by atoms with Crippen molar-refractivity contribution in [3.63, 3.8) is 0 Å². The number of thiazole rings is 1. The minimum atomic E-state index is -3.58. The highest BCUT2D eigenvalue weighted by Gasteiger charge is 2.18. The molecule has 0 aliphatic carbocycles. The first-order valence-corrected chi connectivity index (χ1v) is 11.9. The third-order valence-corrected chi connectivity index (χ3v) is 7.43. The summed E-state index contributed by atoms with van der Waals surface area (Å²) in [5, 5.41) is 8.60. The fourth-order valence-corrected chi connectivity index (χ4v) is 5.54. The molecule has 0 atom stereocenters. The first-order valence-electron chi connectivity index (χ1n) is 9.41. The fraction of sp³-hybridized carbons (Fsp3) is 0.0909. The summed E-state index contributed by atoms with van der Waals surface area (Å²) in [5.74, 6) is 0.590. The second-order valence-electron chi connectivity index (χ2n) is 6.98. The molecule has 0 radical (unpaired) electrons. The number of pyridine rings is 1. The molecule has 5 rings (SSSR count). The Morgan fingerprint density at radius 1 is 1.00 bits per heavy atom. The van der Waals surface area contributed by atoms with Crippen LogP contribution in [0.3, 0.4) is 0 Å². The zero-order valence-corrected chi connectivity index (χ0v) is 18.0. The van der Waals surface area contributed by atoms with Gasteiger partial charge in [-0.05, 0) is 35.9 Å². The fourth-order valence-electron chi connectivity index (χ4n) is 3.24. The molecule has 7 nitrogen and oxygen atoms in total. The molecule has 0 unspecified atom stereocenters. The zero-order chi connectivity index (χ0) is 21.4. The van der Waals surface area contributed by atoms with E-state index in [0.717, 1.165) is 20.8 Å². The molecular formula is C22H16N4O3S2. The molecule has 5 aromatic rings. The van der Waals surface area contributed by atoms with Crippen LogP contribution >= 0.6 is 11.3 Å². The maximum absolute atomic E-state index is 13.1. The van der Waals surface area contributed by atoms with Crippen LogP contribution in [0.2, 0.25) is 0 Å². The first kappa shape index (κ1) is 19.5. The average Bonchev–Trinajstić information content (AvgIpc) is 3.40. The lowest BCUT2D eigenvalue weighted by molar-refractivity contribution is 0.532. The van der Waals surface area contributed by atoms with Crippen molar-refractivity contribution < 1.29 is 12.8 Å². The number of hydrogen-bond acceptors (Lipinski definition) is 8. The number of hydrogen-bond donors (Lipinski definition) is 0. The van der Waals surface area contributed by atoms with Crippen molar-refractivity contribution in [3.8, 4) is 22.0 Å². The molecule has 0 aliphatic heterocycles. The predicted molar refractivity (Wildman–Crippen MR) is 118 cm³/mol. The smallest absolute Gasteiger partial charge is 0.247 e. The van der Waals surface area contributed by atoms with Gasteiger partial charge in [0.25, 0.3) is 0 Å². The summed E-state index contributed by atoms with van der Waals surface area (Å²) in [5.41, 5.74) is 3.01. The van der Waals surface area contributed by atoms with Crippen LogP contribution in [0.4, 0.5) is 0 Å². The molecule has 3 aromatic heterocycles.